The number of carbonyl (C=O) groups excluding carboxylic acids is 2. The molecule has 128 valence electrons. The molecule has 0 bridgehead atoms. The lowest BCUT2D eigenvalue weighted by Gasteiger charge is -2.33. The summed E-state index contributed by atoms with van der Waals surface area (Å²) in [5.41, 5.74) is -0.948. The van der Waals surface area contributed by atoms with E-state index < -0.39 is 11.2 Å². The van der Waals surface area contributed by atoms with Gasteiger partial charge in [0.15, 0.2) is 0 Å². The molecule has 2 amide bonds. The van der Waals surface area contributed by atoms with Gasteiger partial charge in [-0.3, -0.25) is 0 Å². The Morgan fingerprint density at radius 1 is 1.00 bits per heavy atom. The Morgan fingerprint density at radius 3 is 1.95 bits per heavy atom. The lowest BCUT2D eigenvalue weighted by molar-refractivity contribution is 0.0177. The van der Waals surface area contributed by atoms with Crippen LogP contribution in [0.15, 0.2) is 0 Å². The monoisotopic (exact) mass is 314 g/mol. The number of carbonyl (C=O) groups is 2. The number of hydrogen-bond acceptors (Lipinski definition) is 4. The summed E-state index contributed by atoms with van der Waals surface area (Å²) >= 11 is 0. The van der Waals surface area contributed by atoms with Gasteiger partial charge in [-0.1, -0.05) is 0 Å². The molecular formula is C16H30N2O4. The van der Waals surface area contributed by atoms with Gasteiger partial charge in [0.1, 0.15) is 11.2 Å². The van der Waals surface area contributed by atoms with E-state index >= 15 is 0 Å². The fourth-order valence-corrected chi connectivity index (χ4v) is 2.19. The average Bonchev–Trinajstić information content (AvgIpc) is 2.33. The summed E-state index contributed by atoms with van der Waals surface area (Å²) in [6, 6.07) is 0. The molecule has 1 heterocycles. The van der Waals surface area contributed by atoms with Crippen LogP contribution in [0.1, 0.15) is 54.4 Å². The minimum atomic E-state index is -0.482. The third-order valence-electron chi connectivity index (χ3n) is 3.20. The van der Waals surface area contributed by atoms with Gasteiger partial charge in [-0.15, -0.1) is 0 Å². The Bertz CT molecular complexity index is 388. The van der Waals surface area contributed by atoms with Crippen LogP contribution in [0.5, 0.6) is 0 Å². The molecule has 0 atom stereocenters. The molecule has 6 heteroatoms. The highest BCUT2D eigenvalue weighted by atomic mass is 16.6. The first-order valence-corrected chi connectivity index (χ1v) is 7.91. The van der Waals surface area contributed by atoms with Gasteiger partial charge < -0.3 is 19.7 Å². The van der Waals surface area contributed by atoms with Crippen LogP contribution in [-0.2, 0) is 9.47 Å². The molecule has 1 aliphatic rings. The van der Waals surface area contributed by atoms with Crippen molar-refractivity contribution in [3.05, 3.63) is 0 Å². The zero-order valence-electron chi connectivity index (χ0n) is 14.7. The normalized spacial score (nSPS) is 17.1. The van der Waals surface area contributed by atoms with Crippen molar-refractivity contribution < 1.29 is 19.1 Å². The summed E-state index contributed by atoms with van der Waals surface area (Å²) < 4.78 is 10.6. The number of ether oxygens (including phenoxy) is 2. The van der Waals surface area contributed by atoms with E-state index in [1.807, 2.05) is 41.5 Å². The molecule has 0 saturated carbocycles. The SMILES string of the molecule is CC(C)(C)OC(=O)NCC1CCN(C(=O)OC(C)(C)C)CC1. The standard InChI is InChI=1S/C16H30N2O4/c1-15(2,3)21-13(19)17-11-12-7-9-18(10-8-12)14(20)22-16(4,5)6/h12H,7-11H2,1-6H3,(H,17,19). The van der Waals surface area contributed by atoms with Crippen LogP contribution in [0.4, 0.5) is 9.59 Å². The molecule has 6 nitrogen and oxygen atoms in total. The number of amides is 2. The number of nitrogens with one attached hydrogen (secondary N) is 1. The Hall–Kier alpha value is -1.46. The lowest BCUT2D eigenvalue weighted by Crippen LogP contribution is -2.44. The molecule has 1 N–H and O–H groups in total. The van der Waals surface area contributed by atoms with Crippen LogP contribution >= 0.6 is 0 Å². The highest BCUT2D eigenvalue weighted by Gasteiger charge is 2.27. The van der Waals surface area contributed by atoms with Gasteiger partial charge in [0.2, 0.25) is 0 Å². The van der Waals surface area contributed by atoms with Crippen molar-refractivity contribution in [1.82, 2.24) is 10.2 Å². The summed E-state index contributed by atoms with van der Waals surface area (Å²) in [5, 5.41) is 2.80. The van der Waals surface area contributed by atoms with Gasteiger partial charge in [-0.25, -0.2) is 9.59 Å². The molecule has 0 unspecified atom stereocenters. The number of piperidine rings is 1. The van der Waals surface area contributed by atoms with Gasteiger partial charge >= 0.3 is 12.2 Å². The summed E-state index contributed by atoms with van der Waals surface area (Å²) in [6.07, 6.45) is 1.07. The van der Waals surface area contributed by atoms with E-state index in [1.54, 1.807) is 4.90 Å². The molecule has 1 fully saturated rings. The van der Waals surface area contributed by atoms with Crippen molar-refractivity contribution in [1.29, 1.82) is 0 Å². The molecule has 1 saturated heterocycles. The zero-order valence-corrected chi connectivity index (χ0v) is 14.7. The van der Waals surface area contributed by atoms with E-state index in [1.165, 1.54) is 0 Å². The second-order valence-corrected chi connectivity index (χ2v) is 7.79. The van der Waals surface area contributed by atoms with Crippen LogP contribution in [0.2, 0.25) is 0 Å². The predicted molar refractivity (Wildman–Crippen MR) is 84.8 cm³/mol. The van der Waals surface area contributed by atoms with E-state index in [2.05, 4.69) is 5.32 Å². The van der Waals surface area contributed by atoms with Crippen LogP contribution in [0, 0.1) is 5.92 Å². The molecule has 22 heavy (non-hydrogen) atoms. The van der Waals surface area contributed by atoms with Crippen molar-refractivity contribution >= 4 is 12.2 Å². The minimum absolute atomic E-state index is 0.258. The maximum atomic E-state index is 12.0. The molecule has 0 radical (unpaired) electrons. The molecule has 0 aromatic rings. The van der Waals surface area contributed by atoms with Crippen molar-refractivity contribution in [3.63, 3.8) is 0 Å². The second-order valence-electron chi connectivity index (χ2n) is 7.79. The van der Waals surface area contributed by atoms with Gasteiger partial charge in [-0.2, -0.15) is 0 Å². The lowest BCUT2D eigenvalue weighted by atomic mass is 9.97. The smallest absolute Gasteiger partial charge is 0.410 e. The number of nitrogens with zero attached hydrogens (tertiary/aromatic N) is 1. The third kappa shape index (κ3) is 7.52. The van der Waals surface area contributed by atoms with Crippen LogP contribution in [-0.4, -0.2) is 47.9 Å². The quantitative estimate of drug-likeness (QED) is 0.850. The Balaban J connectivity index is 2.28. The van der Waals surface area contributed by atoms with Crippen molar-refractivity contribution in [2.24, 2.45) is 5.92 Å². The first kappa shape index (κ1) is 18.6. The number of likely N-dealkylation sites (tertiary alicyclic amines) is 1. The zero-order chi connectivity index (χ0) is 17.0. The number of rotatable bonds is 2. The Labute approximate surface area is 133 Å². The fraction of sp³-hybridized carbons (Fsp3) is 0.875. The van der Waals surface area contributed by atoms with E-state index in [-0.39, 0.29) is 12.2 Å². The molecule has 1 aliphatic heterocycles. The summed E-state index contributed by atoms with van der Waals surface area (Å²) in [4.78, 5) is 25.3. The molecular weight excluding hydrogens is 284 g/mol. The first-order valence-electron chi connectivity index (χ1n) is 7.91. The molecule has 0 aliphatic carbocycles. The Kier molecular flexibility index (Phi) is 6.08. The first-order chi connectivity index (χ1) is 9.96. The Morgan fingerprint density at radius 2 is 1.50 bits per heavy atom. The van der Waals surface area contributed by atoms with Crippen molar-refractivity contribution in [2.75, 3.05) is 19.6 Å². The third-order valence-corrected chi connectivity index (χ3v) is 3.20. The molecule has 0 aromatic carbocycles. The highest BCUT2D eigenvalue weighted by molar-refractivity contribution is 5.68. The summed E-state index contributed by atoms with van der Waals surface area (Å²) in [6.45, 7) is 13.0. The van der Waals surface area contributed by atoms with Crippen molar-refractivity contribution in [2.45, 2.75) is 65.6 Å². The maximum absolute atomic E-state index is 12.0. The second kappa shape index (κ2) is 7.20. The summed E-state index contributed by atoms with van der Waals surface area (Å²) in [5.74, 6) is 0.367. The van der Waals surface area contributed by atoms with Crippen LogP contribution in [0.3, 0.4) is 0 Å². The highest BCUT2D eigenvalue weighted by Crippen LogP contribution is 2.19. The van der Waals surface area contributed by atoms with Gasteiger partial charge in [-0.05, 0) is 60.3 Å². The van der Waals surface area contributed by atoms with E-state index in [0.29, 0.717) is 25.6 Å². The fourth-order valence-electron chi connectivity index (χ4n) is 2.19. The predicted octanol–water partition coefficient (Wildman–Crippen LogP) is 3.16. The number of alkyl carbamates (subject to hydrolysis) is 1. The van der Waals surface area contributed by atoms with E-state index in [4.69, 9.17) is 9.47 Å². The van der Waals surface area contributed by atoms with Gasteiger partial charge in [0, 0.05) is 19.6 Å². The minimum Gasteiger partial charge on any atom is -0.444 e. The molecule has 0 aromatic heterocycles. The molecule has 0 spiro atoms. The molecule has 1 rings (SSSR count). The largest absolute Gasteiger partial charge is 0.444 e. The van der Waals surface area contributed by atoms with Gasteiger partial charge in [0.05, 0.1) is 0 Å². The van der Waals surface area contributed by atoms with Crippen molar-refractivity contribution in [3.8, 4) is 0 Å². The summed E-state index contributed by atoms with van der Waals surface area (Å²) in [7, 11) is 0. The van der Waals surface area contributed by atoms with E-state index in [0.717, 1.165) is 12.8 Å². The maximum Gasteiger partial charge on any atom is 0.410 e. The van der Waals surface area contributed by atoms with Gasteiger partial charge in [0.25, 0.3) is 0 Å². The average molecular weight is 314 g/mol. The number of hydrogen-bond donors (Lipinski definition) is 1. The van der Waals surface area contributed by atoms with Crippen LogP contribution < -0.4 is 5.32 Å². The topological polar surface area (TPSA) is 67.9 Å². The van der Waals surface area contributed by atoms with Crippen LogP contribution in [0.25, 0.3) is 0 Å². The van der Waals surface area contributed by atoms with E-state index in [9.17, 15) is 9.59 Å².